The molecule has 116 valence electrons. The molecule has 1 unspecified atom stereocenters. The molecule has 1 aromatic rings. The van der Waals surface area contributed by atoms with Crippen LogP contribution in [0.4, 0.5) is 0 Å². The molecule has 6 heteroatoms. The maximum absolute atomic E-state index is 12.2. The molecule has 2 heterocycles. The topological polar surface area (TPSA) is 76.2 Å². The number of aromatic nitrogens is 2. The third-order valence-electron chi connectivity index (χ3n) is 4.29. The van der Waals surface area contributed by atoms with Crippen LogP contribution >= 0.6 is 0 Å². The summed E-state index contributed by atoms with van der Waals surface area (Å²) in [6.07, 6.45) is 7.76. The number of carbonyl (C=O) groups excluding carboxylic acids is 1. The maximum atomic E-state index is 12.2. The van der Waals surface area contributed by atoms with Gasteiger partial charge in [0.1, 0.15) is 0 Å². The second-order valence-corrected chi connectivity index (χ2v) is 5.79. The van der Waals surface area contributed by atoms with Gasteiger partial charge in [-0.15, -0.1) is 0 Å². The van der Waals surface area contributed by atoms with Gasteiger partial charge in [0.2, 0.25) is 0 Å². The van der Waals surface area contributed by atoms with Gasteiger partial charge in [0.15, 0.2) is 0 Å². The van der Waals surface area contributed by atoms with E-state index in [1.54, 1.807) is 6.20 Å². The van der Waals surface area contributed by atoms with Crippen LogP contribution in [0.2, 0.25) is 0 Å². The first kappa shape index (κ1) is 14.5. The molecule has 0 spiro atoms. The van der Waals surface area contributed by atoms with Gasteiger partial charge < -0.3 is 14.8 Å². The molecule has 1 aromatic heterocycles. The summed E-state index contributed by atoms with van der Waals surface area (Å²) in [5.74, 6) is 0.170. The molecule has 0 radical (unpaired) electrons. The molecule has 21 heavy (non-hydrogen) atoms. The normalized spacial score (nSPS) is 22.8. The van der Waals surface area contributed by atoms with Crippen molar-refractivity contribution in [3.8, 4) is 0 Å². The summed E-state index contributed by atoms with van der Waals surface area (Å²) in [4.78, 5) is 12.2. The highest BCUT2D eigenvalue weighted by Crippen LogP contribution is 2.26. The molecule has 1 amide bonds. The van der Waals surface area contributed by atoms with E-state index in [0.717, 1.165) is 31.6 Å². The van der Waals surface area contributed by atoms with Crippen molar-refractivity contribution in [2.45, 2.75) is 44.1 Å². The van der Waals surface area contributed by atoms with Crippen LogP contribution in [0.25, 0.3) is 0 Å². The van der Waals surface area contributed by atoms with Crippen molar-refractivity contribution < 1.29 is 14.3 Å². The van der Waals surface area contributed by atoms with E-state index in [1.807, 2.05) is 0 Å². The quantitative estimate of drug-likeness (QED) is 0.781. The number of nitrogens with zero attached hydrogens (tertiary/aromatic N) is 1. The third-order valence-corrected chi connectivity index (χ3v) is 4.29. The van der Waals surface area contributed by atoms with Crippen LogP contribution in [0.15, 0.2) is 6.20 Å². The number of carbonyl (C=O) groups is 1. The zero-order valence-electron chi connectivity index (χ0n) is 12.3. The van der Waals surface area contributed by atoms with Crippen LogP contribution in [0.1, 0.15) is 54.1 Å². The summed E-state index contributed by atoms with van der Waals surface area (Å²) in [6, 6.07) is 0. The molecule has 0 bridgehead atoms. The molecule has 2 N–H and O–H groups in total. The van der Waals surface area contributed by atoms with Crippen molar-refractivity contribution in [1.29, 1.82) is 0 Å². The van der Waals surface area contributed by atoms with Crippen molar-refractivity contribution in [3.05, 3.63) is 17.5 Å². The van der Waals surface area contributed by atoms with E-state index in [2.05, 4.69) is 15.5 Å². The summed E-state index contributed by atoms with van der Waals surface area (Å²) < 4.78 is 11.1. The molecule has 2 aliphatic rings. The van der Waals surface area contributed by atoms with Crippen LogP contribution in [0, 0.1) is 0 Å². The Kier molecular flexibility index (Phi) is 4.87. The molecular weight excluding hydrogens is 270 g/mol. The summed E-state index contributed by atoms with van der Waals surface area (Å²) in [6.45, 7) is 2.53. The second kappa shape index (κ2) is 7.04. The second-order valence-electron chi connectivity index (χ2n) is 5.79. The highest BCUT2D eigenvalue weighted by Gasteiger charge is 2.25. The molecule has 2 fully saturated rings. The highest BCUT2D eigenvalue weighted by atomic mass is 16.5. The first-order valence-electron chi connectivity index (χ1n) is 7.85. The van der Waals surface area contributed by atoms with E-state index in [1.165, 1.54) is 12.8 Å². The minimum absolute atomic E-state index is 0.0827. The number of rotatable bonds is 6. The summed E-state index contributed by atoms with van der Waals surface area (Å²) in [7, 11) is 0. The highest BCUT2D eigenvalue weighted by molar-refractivity contribution is 5.95. The van der Waals surface area contributed by atoms with E-state index in [4.69, 9.17) is 9.47 Å². The Morgan fingerprint density at radius 2 is 2.29 bits per heavy atom. The molecule has 1 atom stereocenters. The van der Waals surface area contributed by atoms with Crippen molar-refractivity contribution >= 4 is 5.91 Å². The van der Waals surface area contributed by atoms with Gasteiger partial charge in [-0.25, -0.2) is 0 Å². The lowest BCUT2D eigenvalue weighted by Gasteiger charge is -2.12. The van der Waals surface area contributed by atoms with E-state index >= 15 is 0 Å². The average molecular weight is 293 g/mol. The Morgan fingerprint density at radius 1 is 1.43 bits per heavy atom. The van der Waals surface area contributed by atoms with Gasteiger partial charge in [0, 0.05) is 19.1 Å². The Balaban J connectivity index is 1.45. The third kappa shape index (κ3) is 3.63. The first-order chi connectivity index (χ1) is 10.3. The molecule has 3 rings (SSSR count). The predicted octanol–water partition coefficient (Wildman–Crippen LogP) is 1.60. The van der Waals surface area contributed by atoms with Gasteiger partial charge in [0.05, 0.1) is 36.8 Å². The van der Waals surface area contributed by atoms with E-state index in [9.17, 15) is 4.79 Å². The van der Waals surface area contributed by atoms with Gasteiger partial charge in [0.25, 0.3) is 5.91 Å². The van der Waals surface area contributed by atoms with Crippen molar-refractivity contribution in [1.82, 2.24) is 15.5 Å². The Hall–Kier alpha value is -1.40. The minimum atomic E-state index is -0.0827. The zero-order chi connectivity index (χ0) is 14.5. The Labute approximate surface area is 124 Å². The van der Waals surface area contributed by atoms with E-state index < -0.39 is 0 Å². The van der Waals surface area contributed by atoms with Crippen LogP contribution < -0.4 is 5.32 Å². The lowest BCUT2D eigenvalue weighted by atomic mass is 10.0. The van der Waals surface area contributed by atoms with Crippen molar-refractivity contribution in [2.75, 3.05) is 26.4 Å². The average Bonchev–Trinajstić information content (AvgIpc) is 3.24. The number of nitrogens with one attached hydrogen (secondary N) is 2. The van der Waals surface area contributed by atoms with Gasteiger partial charge >= 0.3 is 0 Å². The molecule has 6 nitrogen and oxygen atoms in total. The SMILES string of the molecule is O=C(NCCOC1CCCC1)c1cn[nH]c1C1CCOC1. The van der Waals surface area contributed by atoms with Crippen LogP contribution in [-0.4, -0.2) is 48.6 Å². The smallest absolute Gasteiger partial charge is 0.254 e. The predicted molar refractivity (Wildman–Crippen MR) is 77.3 cm³/mol. The number of H-pyrrole nitrogens is 1. The van der Waals surface area contributed by atoms with E-state index in [0.29, 0.717) is 31.4 Å². The zero-order valence-corrected chi connectivity index (χ0v) is 12.3. The molecule has 1 saturated heterocycles. The fraction of sp³-hybridized carbons (Fsp3) is 0.733. The fourth-order valence-electron chi connectivity index (χ4n) is 3.09. The summed E-state index contributed by atoms with van der Waals surface area (Å²) in [5, 5.41) is 9.86. The molecule has 1 saturated carbocycles. The lowest BCUT2D eigenvalue weighted by Crippen LogP contribution is -2.29. The summed E-state index contributed by atoms with van der Waals surface area (Å²) in [5.41, 5.74) is 1.52. The van der Waals surface area contributed by atoms with Gasteiger partial charge in [-0.3, -0.25) is 9.89 Å². The number of aromatic amines is 1. The lowest BCUT2D eigenvalue weighted by molar-refractivity contribution is 0.0581. The summed E-state index contributed by atoms with van der Waals surface area (Å²) >= 11 is 0. The first-order valence-corrected chi connectivity index (χ1v) is 7.85. The number of hydrogen-bond acceptors (Lipinski definition) is 4. The van der Waals surface area contributed by atoms with Crippen LogP contribution in [0.3, 0.4) is 0 Å². The fourth-order valence-corrected chi connectivity index (χ4v) is 3.09. The standard InChI is InChI=1S/C15H23N3O3/c19-15(16-6-8-21-12-3-1-2-4-12)13-9-17-18-14(13)11-5-7-20-10-11/h9,11-12H,1-8,10H2,(H,16,19)(H,17,18). The Bertz CT molecular complexity index is 462. The largest absolute Gasteiger partial charge is 0.381 e. The monoisotopic (exact) mass is 293 g/mol. The molecule has 1 aliphatic heterocycles. The molecular formula is C15H23N3O3. The van der Waals surface area contributed by atoms with Crippen molar-refractivity contribution in [2.24, 2.45) is 0 Å². The number of ether oxygens (including phenoxy) is 2. The number of amides is 1. The van der Waals surface area contributed by atoms with Gasteiger partial charge in [-0.2, -0.15) is 5.10 Å². The van der Waals surface area contributed by atoms with Gasteiger partial charge in [-0.1, -0.05) is 12.8 Å². The van der Waals surface area contributed by atoms with Gasteiger partial charge in [-0.05, 0) is 19.3 Å². The number of hydrogen-bond donors (Lipinski definition) is 2. The molecule has 1 aliphatic carbocycles. The van der Waals surface area contributed by atoms with Crippen LogP contribution in [0.5, 0.6) is 0 Å². The maximum Gasteiger partial charge on any atom is 0.254 e. The Morgan fingerprint density at radius 3 is 3.05 bits per heavy atom. The van der Waals surface area contributed by atoms with Crippen LogP contribution in [-0.2, 0) is 9.47 Å². The van der Waals surface area contributed by atoms with E-state index in [-0.39, 0.29) is 11.8 Å². The molecule has 0 aromatic carbocycles. The minimum Gasteiger partial charge on any atom is -0.381 e. The van der Waals surface area contributed by atoms with Crippen molar-refractivity contribution in [3.63, 3.8) is 0 Å².